The molecule has 0 atom stereocenters. The Morgan fingerprint density at radius 1 is 0.912 bits per heavy atom. The number of benzene rings is 2. The second-order valence-corrected chi connectivity index (χ2v) is 7.85. The van der Waals surface area contributed by atoms with Crippen molar-refractivity contribution >= 4 is 44.7 Å². The predicted octanol–water partition coefficient (Wildman–Crippen LogP) is 5.60. The maximum absolute atomic E-state index is 8.98. The topological polar surface area (TPSA) is 105 Å². The number of pyridine rings is 2. The van der Waals surface area contributed by atoms with Crippen LogP contribution in [-0.2, 0) is 0 Å². The molecule has 0 aliphatic rings. The van der Waals surface area contributed by atoms with Gasteiger partial charge < -0.3 is 9.88 Å². The highest BCUT2D eigenvalue weighted by molar-refractivity contribution is 6.21. The van der Waals surface area contributed by atoms with E-state index in [1.165, 1.54) is 0 Å². The van der Waals surface area contributed by atoms with E-state index in [-0.39, 0.29) is 5.57 Å². The highest BCUT2D eigenvalue weighted by Crippen LogP contribution is 2.34. The van der Waals surface area contributed by atoms with Crippen molar-refractivity contribution in [1.82, 2.24) is 19.9 Å². The summed E-state index contributed by atoms with van der Waals surface area (Å²) in [7, 11) is 0. The number of anilines is 1. The number of aromatic nitrogens is 4. The highest BCUT2D eigenvalue weighted by atomic mass is 15.2. The SMILES string of the molecule is CCN(CC)c1ccc2c(n1)c1ncccc1c1nc(-c3ccc(C=C(C#N)C#N)cc3)[nH]c21. The molecule has 0 saturated heterocycles. The van der Waals surface area contributed by atoms with Gasteiger partial charge in [0.15, 0.2) is 0 Å². The summed E-state index contributed by atoms with van der Waals surface area (Å²) in [5.41, 5.74) is 5.21. The molecule has 0 spiro atoms. The van der Waals surface area contributed by atoms with Crippen molar-refractivity contribution in [2.75, 3.05) is 18.0 Å². The third kappa shape index (κ3) is 3.50. The molecule has 3 heterocycles. The van der Waals surface area contributed by atoms with Crippen LogP contribution in [0.2, 0.25) is 0 Å². The summed E-state index contributed by atoms with van der Waals surface area (Å²) in [4.78, 5) is 20.3. The number of nitriles is 2. The van der Waals surface area contributed by atoms with Crippen molar-refractivity contribution in [3.63, 3.8) is 0 Å². The Morgan fingerprint density at radius 2 is 1.68 bits per heavy atom. The van der Waals surface area contributed by atoms with Crippen molar-refractivity contribution in [1.29, 1.82) is 10.5 Å². The third-order valence-electron chi connectivity index (χ3n) is 5.96. The van der Waals surface area contributed by atoms with Gasteiger partial charge in [0.2, 0.25) is 0 Å². The van der Waals surface area contributed by atoms with Crippen LogP contribution in [-0.4, -0.2) is 33.0 Å². The van der Waals surface area contributed by atoms with Gasteiger partial charge in [-0.25, -0.2) is 9.97 Å². The van der Waals surface area contributed by atoms with Crippen molar-refractivity contribution in [2.24, 2.45) is 0 Å². The monoisotopic (exact) mass is 443 g/mol. The zero-order chi connectivity index (χ0) is 23.7. The van der Waals surface area contributed by atoms with Gasteiger partial charge in [-0.3, -0.25) is 4.98 Å². The Kier molecular flexibility index (Phi) is 5.37. The van der Waals surface area contributed by atoms with Crippen LogP contribution in [0.15, 0.2) is 60.3 Å². The maximum atomic E-state index is 8.98. The number of hydrogen-bond acceptors (Lipinski definition) is 6. The van der Waals surface area contributed by atoms with Crippen LogP contribution < -0.4 is 4.90 Å². The fraction of sp³-hybridized carbons (Fsp3) is 0.148. The Morgan fingerprint density at radius 3 is 2.38 bits per heavy atom. The third-order valence-corrected chi connectivity index (χ3v) is 5.96. The van der Waals surface area contributed by atoms with Gasteiger partial charge in [0.05, 0.1) is 16.6 Å². The molecule has 7 nitrogen and oxygen atoms in total. The molecule has 0 aliphatic carbocycles. The zero-order valence-electron chi connectivity index (χ0n) is 18.9. The first kappa shape index (κ1) is 21.1. The Balaban J connectivity index is 1.69. The van der Waals surface area contributed by atoms with Crippen molar-refractivity contribution in [3.05, 3.63) is 65.9 Å². The number of H-pyrrole nitrogens is 1. The summed E-state index contributed by atoms with van der Waals surface area (Å²) in [5, 5.41) is 19.9. The van der Waals surface area contributed by atoms with Gasteiger partial charge in [-0.1, -0.05) is 24.3 Å². The van der Waals surface area contributed by atoms with E-state index < -0.39 is 0 Å². The van der Waals surface area contributed by atoms with E-state index in [9.17, 15) is 0 Å². The molecule has 7 heteroatoms. The van der Waals surface area contributed by atoms with Crippen molar-refractivity contribution in [2.45, 2.75) is 13.8 Å². The van der Waals surface area contributed by atoms with Gasteiger partial charge in [0.1, 0.15) is 34.9 Å². The molecule has 0 bridgehead atoms. The molecule has 2 aromatic carbocycles. The average molecular weight is 444 g/mol. The molecule has 3 aromatic heterocycles. The first-order chi connectivity index (χ1) is 16.7. The Bertz CT molecular complexity index is 1630. The van der Waals surface area contributed by atoms with Gasteiger partial charge in [0.25, 0.3) is 0 Å². The molecule has 0 fully saturated rings. The molecule has 0 radical (unpaired) electrons. The van der Waals surface area contributed by atoms with Crippen LogP contribution in [0.1, 0.15) is 19.4 Å². The number of allylic oxidation sites excluding steroid dienone is 1. The molecule has 1 N–H and O–H groups in total. The lowest BCUT2D eigenvalue weighted by Crippen LogP contribution is -2.22. The summed E-state index contributed by atoms with van der Waals surface area (Å²) < 4.78 is 0. The Hall–Kier alpha value is -4.75. The lowest BCUT2D eigenvalue weighted by atomic mass is 10.1. The predicted molar refractivity (Wildman–Crippen MR) is 135 cm³/mol. The van der Waals surface area contributed by atoms with E-state index in [0.717, 1.165) is 68.7 Å². The largest absolute Gasteiger partial charge is 0.357 e. The lowest BCUT2D eigenvalue weighted by Gasteiger charge is -2.20. The molecule has 0 aliphatic heterocycles. The first-order valence-electron chi connectivity index (χ1n) is 11.1. The second-order valence-electron chi connectivity index (χ2n) is 7.85. The highest BCUT2D eigenvalue weighted by Gasteiger charge is 2.17. The zero-order valence-corrected chi connectivity index (χ0v) is 18.9. The fourth-order valence-electron chi connectivity index (χ4n) is 4.23. The maximum Gasteiger partial charge on any atom is 0.138 e. The quantitative estimate of drug-likeness (QED) is 0.280. The van der Waals surface area contributed by atoms with E-state index in [4.69, 9.17) is 20.5 Å². The van der Waals surface area contributed by atoms with E-state index in [1.807, 2.05) is 54.6 Å². The molecule has 0 saturated carbocycles. The normalized spacial score (nSPS) is 10.8. The van der Waals surface area contributed by atoms with E-state index in [1.54, 1.807) is 12.3 Å². The summed E-state index contributed by atoms with van der Waals surface area (Å²) in [6.07, 6.45) is 3.35. The number of rotatable bonds is 5. The van der Waals surface area contributed by atoms with Crippen LogP contribution in [0.4, 0.5) is 5.82 Å². The number of nitrogens with one attached hydrogen (secondary N) is 1. The Labute approximate surface area is 196 Å². The number of imidazole rings is 1. The summed E-state index contributed by atoms with van der Waals surface area (Å²) in [6.45, 7) is 6.01. The van der Waals surface area contributed by atoms with Crippen LogP contribution in [0, 0.1) is 22.7 Å². The summed E-state index contributed by atoms with van der Waals surface area (Å²) >= 11 is 0. The van der Waals surface area contributed by atoms with Crippen LogP contribution in [0.3, 0.4) is 0 Å². The van der Waals surface area contributed by atoms with Gasteiger partial charge in [-0.2, -0.15) is 10.5 Å². The molecule has 0 unspecified atom stereocenters. The van der Waals surface area contributed by atoms with Crippen LogP contribution in [0.5, 0.6) is 0 Å². The average Bonchev–Trinajstić information content (AvgIpc) is 3.34. The fourth-order valence-corrected chi connectivity index (χ4v) is 4.23. The van der Waals surface area contributed by atoms with Gasteiger partial charge >= 0.3 is 0 Å². The lowest BCUT2D eigenvalue weighted by molar-refractivity contribution is 0.850. The first-order valence-corrected chi connectivity index (χ1v) is 11.1. The molecular weight excluding hydrogens is 422 g/mol. The molecule has 34 heavy (non-hydrogen) atoms. The molecule has 5 rings (SSSR count). The molecule has 5 aromatic rings. The minimum absolute atomic E-state index is 0.0681. The number of aromatic amines is 1. The second kappa shape index (κ2) is 8.65. The molecular formula is C27H21N7. The molecule has 0 amide bonds. The minimum atomic E-state index is 0.0681. The summed E-state index contributed by atoms with van der Waals surface area (Å²) in [5.74, 6) is 1.66. The van der Waals surface area contributed by atoms with Gasteiger partial charge in [-0.05, 0) is 49.8 Å². The number of nitrogens with zero attached hydrogens (tertiary/aromatic N) is 6. The van der Waals surface area contributed by atoms with Crippen LogP contribution in [0.25, 0.3) is 50.3 Å². The van der Waals surface area contributed by atoms with E-state index >= 15 is 0 Å². The number of hydrogen-bond donors (Lipinski definition) is 1. The summed E-state index contributed by atoms with van der Waals surface area (Å²) in [6, 6.07) is 19.4. The number of fused-ring (bicyclic) bond motifs is 6. The van der Waals surface area contributed by atoms with E-state index in [0.29, 0.717) is 0 Å². The standard InChI is InChI=1S/C27H21N7/c1-3-34(4-2)22-12-11-21-24(31-22)23-20(6-5-13-30-23)25-26(21)33-27(32-25)19-9-7-17(8-10-19)14-18(15-28)16-29/h5-14H,3-4H2,1-2H3,(H,32,33). The molecule has 164 valence electrons. The van der Waals surface area contributed by atoms with Crippen molar-refractivity contribution in [3.8, 4) is 23.5 Å². The minimum Gasteiger partial charge on any atom is -0.357 e. The van der Waals surface area contributed by atoms with Gasteiger partial charge in [0, 0.05) is 35.6 Å². The van der Waals surface area contributed by atoms with E-state index in [2.05, 4.69) is 34.8 Å². The van der Waals surface area contributed by atoms with Gasteiger partial charge in [-0.15, -0.1) is 0 Å². The smallest absolute Gasteiger partial charge is 0.138 e. The van der Waals surface area contributed by atoms with Crippen LogP contribution >= 0.6 is 0 Å². The van der Waals surface area contributed by atoms with Crippen molar-refractivity contribution < 1.29 is 0 Å².